The van der Waals surface area contributed by atoms with Crippen LogP contribution in [0, 0.1) is 0 Å². The molecular formula is C13H17N3O5S. The number of hydrogen-bond donors (Lipinski definition) is 2. The number of carbonyl (C=O) groups is 2. The normalized spacial score (nSPS) is 14.3. The van der Waals surface area contributed by atoms with Gasteiger partial charge in [-0.15, -0.1) is 0 Å². The number of ether oxygens (including phenoxy) is 1. The van der Waals surface area contributed by atoms with E-state index < -0.39 is 10.0 Å². The molecule has 0 aliphatic carbocycles. The summed E-state index contributed by atoms with van der Waals surface area (Å²) < 4.78 is 32.0. The molecule has 0 fully saturated rings. The molecule has 1 aliphatic rings. The topological polar surface area (TPSA) is 105 Å². The van der Waals surface area contributed by atoms with Gasteiger partial charge in [0.15, 0.2) is 6.61 Å². The molecule has 2 amide bonds. The van der Waals surface area contributed by atoms with E-state index in [-0.39, 0.29) is 36.3 Å². The van der Waals surface area contributed by atoms with Crippen LogP contribution in [0.3, 0.4) is 0 Å². The smallest absolute Gasteiger partial charge is 0.264 e. The molecule has 8 nitrogen and oxygen atoms in total. The molecule has 1 heterocycles. The summed E-state index contributed by atoms with van der Waals surface area (Å²) in [5.74, 6) is -0.0621. The van der Waals surface area contributed by atoms with Crippen molar-refractivity contribution in [3.63, 3.8) is 0 Å². The van der Waals surface area contributed by atoms with Crippen LogP contribution < -0.4 is 19.7 Å². The number of fused-ring (bicyclic) bond motifs is 1. The minimum absolute atomic E-state index is 0.00769. The first-order chi connectivity index (χ1) is 10.3. The third-order valence-electron chi connectivity index (χ3n) is 3.25. The number of amides is 2. The largest absolute Gasteiger partial charge is 0.482 e. The molecule has 0 saturated heterocycles. The molecule has 0 bridgehead atoms. The van der Waals surface area contributed by atoms with Crippen molar-refractivity contribution in [3.8, 4) is 5.75 Å². The first-order valence-electron chi connectivity index (χ1n) is 6.59. The zero-order valence-corrected chi connectivity index (χ0v) is 13.1. The number of carbonyl (C=O) groups excluding carboxylic acids is 2. The summed E-state index contributed by atoms with van der Waals surface area (Å²) in [5, 5.41) is 2.41. The molecule has 1 aliphatic heterocycles. The lowest BCUT2D eigenvalue weighted by atomic mass is 10.2. The van der Waals surface area contributed by atoms with Crippen LogP contribution in [-0.4, -0.2) is 47.5 Å². The molecule has 0 saturated carbocycles. The van der Waals surface area contributed by atoms with E-state index >= 15 is 0 Å². The van der Waals surface area contributed by atoms with E-state index in [2.05, 4.69) is 10.0 Å². The summed E-state index contributed by atoms with van der Waals surface area (Å²) in [6.45, 7) is -0.0790. The van der Waals surface area contributed by atoms with Crippen molar-refractivity contribution in [1.29, 1.82) is 0 Å². The van der Waals surface area contributed by atoms with Gasteiger partial charge in [-0.3, -0.25) is 9.59 Å². The molecule has 1 aromatic rings. The Bertz CT molecular complexity index is 702. The van der Waals surface area contributed by atoms with Crippen molar-refractivity contribution in [1.82, 2.24) is 10.0 Å². The maximum atomic E-state index is 12.2. The molecule has 0 unspecified atom stereocenters. The molecular weight excluding hydrogens is 310 g/mol. The zero-order valence-electron chi connectivity index (χ0n) is 12.3. The summed E-state index contributed by atoms with van der Waals surface area (Å²) in [6.07, 6.45) is 0.0438. The van der Waals surface area contributed by atoms with Crippen LogP contribution in [0.4, 0.5) is 5.69 Å². The Morgan fingerprint density at radius 2 is 2.14 bits per heavy atom. The molecule has 0 radical (unpaired) electrons. The number of sulfonamides is 1. The van der Waals surface area contributed by atoms with E-state index in [1.54, 1.807) is 7.05 Å². The number of nitrogens with one attached hydrogen (secondary N) is 2. The molecule has 0 atom stereocenters. The highest BCUT2D eigenvalue weighted by Gasteiger charge is 2.25. The maximum absolute atomic E-state index is 12.2. The van der Waals surface area contributed by atoms with Crippen LogP contribution in [-0.2, 0) is 19.6 Å². The van der Waals surface area contributed by atoms with Crippen LogP contribution in [0.2, 0.25) is 0 Å². The van der Waals surface area contributed by atoms with Gasteiger partial charge < -0.3 is 15.0 Å². The van der Waals surface area contributed by atoms with Gasteiger partial charge in [0.25, 0.3) is 5.91 Å². The van der Waals surface area contributed by atoms with E-state index in [0.29, 0.717) is 11.4 Å². The van der Waals surface area contributed by atoms with Crippen molar-refractivity contribution in [2.45, 2.75) is 11.3 Å². The Morgan fingerprint density at radius 1 is 1.41 bits per heavy atom. The maximum Gasteiger partial charge on any atom is 0.264 e. The summed E-state index contributed by atoms with van der Waals surface area (Å²) in [4.78, 5) is 24.0. The van der Waals surface area contributed by atoms with Gasteiger partial charge in [-0.25, -0.2) is 13.1 Å². The van der Waals surface area contributed by atoms with Crippen LogP contribution in [0.15, 0.2) is 23.1 Å². The van der Waals surface area contributed by atoms with Crippen molar-refractivity contribution < 1.29 is 22.7 Å². The van der Waals surface area contributed by atoms with Crippen molar-refractivity contribution in [2.75, 3.05) is 32.1 Å². The Labute approximate surface area is 128 Å². The number of hydrogen-bond acceptors (Lipinski definition) is 5. The number of nitrogens with zero attached hydrogens (tertiary/aromatic N) is 1. The molecule has 0 aromatic heterocycles. The van der Waals surface area contributed by atoms with Gasteiger partial charge in [-0.05, 0) is 18.2 Å². The fourth-order valence-electron chi connectivity index (χ4n) is 1.93. The highest BCUT2D eigenvalue weighted by atomic mass is 32.2. The van der Waals surface area contributed by atoms with E-state index in [1.165, 1.54) is 30.1 Å². The summed E-state index contributed by atoms with van der Waals surface area (Å²) >= 11 is 0. The quantitative estimate of drug-likeness (QED) is 0.755. The average Bonchev–Trinajstić information content (AvgIpc) is 2.50. The molecule has 1 aromatic carbocycles. The predicted octanol–water partition coefficient (Wildman–Crippen LogP) is -0.544. The Kier molecular flexibility index (Phi) is 4.67. The second kappa shape index (κ2) is 6.32. The molecule has 0 spiro atoms. The predicted molar refractivity (Wildman–Crippen MR) is 79.2 cm³/mol. The Morgan fingerprint density at radius 3 is 2.82 bits per heavy atom. The van der Waals surface area contributed by atoms with E-state index in [4.69, 9.17) is 4.74 Å². The van der Waals surface area contributed by atoms with E-state index in [1.807, 2.05) is 0 Å². The second-order valence-corrected chi connectivity index (χ2v) is 6.46. The van der Waals surface area contributed by atoms with Crippen LogP contribution >= 0.6 is 0 Å². The van der Waals surface area contributed by atoms with Crippen LogP contribution in [0.25, 0.3) is 0 Å². The first kappa shape index (κ1) is 16.2. The van der Waals surface area contributed by atoms with Crippen LogP contribution in [0.1, 0.15) is 6.42 Å². The van der Waals surface area contributed by atoms with Crippen LogP contribution in [0.5, 0.6) is 5.75 Å². The van der Waals surface area contributed by atoms with Gasteiger partial charge in [0.05, 0.1) is 10.6 Å². The summed E-state index contributed by atoms with van der Waals surface area (Å²) in [7, 11) is -0.728. The lowest BCUT2D eigenvalue weighted by Gasteiger charge is -2.26. The molecule has 9 heteroatoms. The van der Waals surface area contributed by atoms with Crippen molar-refractivity contribution >= 4 is 27.5 Å². The van der Waals surface area contributed by atoms with E-state index in [0.717, 1.165) is 0 Å². The monoisotopic (exact) mass is 327 g/mol. The fraction of sp³-hybridized carbons (Fsp3) is 0.385. The first-order valence-corrected chi connectivity index (χ1v) is 8.07. The minimum atomic E-state index is -3.76. The fourth-order valence-corrected chi connectivity index (χ4v) is 2.98. The third-order valence-corrected chi connectivity index (χ3v) is 4.71. The number of likely N-dealkylation sites (N-methyl/N-ethyl adjacent to an activating group) is 1. The lowest BCUT2D eigenvalue weighted by molar-refractivity contribution is -0.121. The van der Waals surface area contributed by atoms with Crippen molar-refractivity contribution in [2.24, 2.45) is 0 Å². The number of benzene rings is 1. The SMILES string of the molecule is CNC(=O)CCNS(=O)(=O)c1ccc2c(c1)N(C)C(=O)CO2. The Hall–Kier alpha value is -2.13. The lowest BCUT2D eigenvalue weighted by Crippen LogP contribution is -2.35. The standard InChI is InChI=1S/C13H17N3O5S/c1-14-12(17)5-6-15-22(19,20)9-3-4-11-10(7-9)16(2)13(18)8-21-11/h3-4,7,15H,5-6,8H2,1-2H3,(H,14,17). The molecule has 2 rings (SSSR count). The Balaban J connectivity index is 2.18. The van der Waals surface area contributed by atoms with Gasteiger partial charge >= 0.3 is 0 Å². The number of anilines is 1. The number of rotatable bonds is 5. The molecule has 22 heavy (non-hydrogen) atoms. The van der Waals surface area contributed by atoms with Gasteiger partial charge in [-0.1, -0.05) is 0 Å². The summed E-state index contributed by atoms with van der Waals surface area (Å²) in [5.41, 5.74) is 0.394. The third kappa shape index (κ3) is 3.37. The second-order valence-electron chi connectivity index (χ2n) is 4.69. The highest BCUT2D eigenvalue weighted by Crippen LogP contribution is 2.33. The molecule has 120 valence electrons. The highest BCUT2D eigenvalue weighted by molar-refractivity contribution is 7.89. The van der Waals surface area contributed by atoms with E-state index in [9.17, 15) is 18.0 Å². The van der Waals surface area contributed by atoms with Gasteiger partial charge in [0, 0.05) is 27.1 Å². The molecule has 2 N–H and O–H groups in total. The minimum Gasteiger partial charge on any atom is -0.482 e. The average molecular weight is 327 g/mol. The zero-order chi connectivity index (χ0) is 16.3. The van der Waals surface area contributed by atoms with Gasteiger partial charge in [0.2, 0.25) is 15.9 Å². The van der Waals surface area contributed by atoms with Gasteiger partial charge in [-0.2, -0.15) is 0 Å². The van der Waals surface area contributed by atoms with Crippen molar-refractivity contribution in [3.05, 3.63) is 18.2 Å². The van der Waals surface area contributed by atoms with Gasteiger partial charge in [0.1, 0.15) is 5.75 Å². The summed E-state index contributed by atoms with van der Waals surface area (Å²) in [6, 6.07) is 4.27.